The molecule has 0 saturated heterocycles. The molecule has 0 spiro atoms. The Balaban J connectivity index is 3.23. The molecule has 0 amide bonds. The topological polar surface area (TPSA) is 60.2 Å². The maximum Gasteiger partial charge on any atom is 0.178 e. The van der Waals surface area contributed by atoms with Crippen LogP contribution in [0.5, 0.6) is 0 Å². The van der Waals surface area contributed by atoms with Crippen molar-refractivity contribution in [3.8, 4) is 0 Å². The van der Waals surface area contributed by atoms with Gasteiger partial charge in [-0.3, -0.25) is 0 Å². The van der Waals surface area contributed by atoms with E-state index in [1.807, 2.05) is 32.9 Å². The van der Waals surface area contributed by atoms with Gasteiger partial charge < -0.3 is 5.73 Å². The Kier molecular flexibility index (Phi) is 4.10. The molecule has 0 heterocycles. The maximum atomic E-state index is 12.1. The van der Waals surface area contributed by atoms with Crippen LogP contribution < -0.4 is 5.73 Å². The van der Waals surface area contributed by atoms with E-state index in [1.165, 1.54) is 0 Å². The van der Waals surface area contributed by atoms with Gasteiger partial charge in [-0.15, -0.1) is 0 Å². The van der Waals surface area contributed by atoms with E-state index in [0.717, 1.165) is 16.7 Å². The van der Waals surface area contributed by atoms with Gasteiger partial charge in [-0.25, -0.2) is 8.42 Å². The van der Waals surface area contributed by atoms with Crippen LogP contribution in [0.25, 0.3) is 0 Å². The summed E-state index contributed by atoms with van der Waals surface area (Å²) in [6, 6.07) is 3.81. The molecule has 0 atom stereocenters. The molecule has 0 saturated carbocycles. The van der Waals surface area contributed by atoms with Crippen molar-refractivity contribution in [2.24, 2.45) is 5.73 Å². The average molecular weight is 241 g/mol. The highest BCUT2D eigenvalue weighted by atomic mass is 32.2. The fraction of sp³-hybridized carbons (Fsp3) is 0.500. The van der Waals surface area contributed by atoms with Crippen LogP contribution in [0.1, 0.15) is 23.1 Å². The second-order valence-corrected chi connectivity index (χ2v) is 6.23. The van der Waals surface area contributed by atoms with Crippen molar-refractivity contribution < 1.29 is 8.42 Å². The smallest absolute Gasteiger partial charge is 0.178 e. The molecule has 0 aliphatic heterocycles. The monoisotopic (exact) mass is 241 g/mol. The van der Waals surface area contributed by atoms with Crippen molar-refractivity contribution in [1.82, 2.24) is 0 Å². The summed E-state index contributed by atoms with van der Waals surface area (Å²) in [5.74, 6) is 0.133. The van der Waals surface area contributed by atoms with Crippen molar-refractivity contribution in [3.63, 3.8) is 0 Å². The lowest BCUT2D eigenvalue weighted by Gasteiger charge is -2.11. The van der Waals surface area contributed by atoms with Crippen LogP contribution in [0.3, 0.4) is 0 Å². The van der Waals surface area contributed by atoms with Crippen molar-refractivity contribution in [3.05, 3.63) is 28.8 Å². The summed E-state index contributed by atoms with van der Waals surface area (Å²) in [6.45, 7) is 6.06. The maximum absolute atomic E-state index is 12.1. The van der Waals surface area contributed by atoms with Crippen LogP contribution in [-0.4, -0.2) is 20.7 Å². The lowest BCUT2D eigenvalue weighted by atomic mass is 10.1. The molecule has 0 aliphatic rings. The first-order chi connectivity index (χ1) is 7.38. The van der Waals surface area contributed by atoms with Gasteiger partial charge in [0.05, 0.1) is 10.6 Å². The largest absolute Gasteiger partial charge is 0.330 e. The summed E-state index contributed by atoms with van der Waals surface area (Å²) in [5.41, 5.74) is 8.10. The lowest BCUT2D eigenvalue weighted by Crippen LogP contribution is -2.14. The van der Waals surface area contributed by atoms with Crippen LogP contribution in [0.15, 0.2) is 17.0 Å². The molecule has 0 aromatic heterocycles. The minimum Gasteiger partial charge on any atom is -0.330 e. The first-order valence-corrected chi connectivity index (χ1v) is 7.04. The van der Waals surface area contributed by atoms with Crippen LogP contribution in [0.2, 0.25) is 0 Å². The van der Waals surface area contributed by atoms with E-state index in [0.29, 0.717) is 17.9 Å². The van der Waals surface area contributed by atoms with Crippen molar-refractivity contribution >= 4 is 9.84 Å². The quantitative estimate of drug-likeness (QED) is 0.873. The van der Waals surface area contributed by atoms with Gasteiger partial charge in [-0.05, 0) is 44.9 Å². The zero-order chi connectivity index (χ0) is 12.3. The predicted octanol–water partition coefficient (Wildman–Crippen LogP) is 1.73. The number of rotatable bonds is 4. The molecule has 90 valence electrons. The first kappa shape index (κ1) is 13.2. The summed E-state index contributed by atoms with van der Waals surface area (Å²) in [7, 11) is -3.18. The molecule has 1 rings (SSSR count). The Labute approximate surface area is 97.6 Å². The molecule has 0 fully saturated rings. The molecule has 2 N–H and O–H groups in total. The number of nitrogens with two attached hydrogens (primary N) is 1. The first-order valence-electron chi connectivity index (χ1n) is 5.39. The minimum atomic E-state index is -3.18. The fourth-order valence-electron chi connectivity index (χ4n) is 2.03. The van der Waals surface area contributed by atoms with Gasteiger partial charge in [-0.1, -0.05) is 17.7 Å². The highest BCUT2D eigenvalue weighted by Crippen LogP contribution is 2.23. The molecule has 0 aliphatic carbocycles. The van der Waals surface area contributed by atoms with Gasteiger partial charge in [-0.2, -0.15) is 0 Å². The molecular formula is C12H19NO2S. The Hall–Kier alpha value is -0.870. The van der Waals surface area contributed by atoms with Gasteiger partial charge >= 0.3 is 0 Å². The van der Waals surface area contributed by atoms with Gasteiger partial charge in [0, 0.05) is 0 Å². The van der Waals surface area contributed by atoms with E-state index in [1.54, 1.807) is 0 Å². The van der Waals surface area contributed by atoms with E-state index >= 15 is 0 Å². The van der Waals surface area contributed by atoms with Crippen LogP contribution in [-0.2, 0) is 9.84 Å². The SMILES string of the molecule is Cc1cc(C)c(S(=O)(=O)CCCN)c(C)c1. The number of aryl methyl sites for hydroxylation is 3. The zero-order valence-electron chi connectivity index (χ0n) is 10.1. The molecule has 0 unspecified atom stereocenters. The average Bonchev–Trinajstić information content (AvgIpc) is 2.12. The van der Waals surface area contributed by atoms with Gasteiger partial charge in [0.25, 0.3) is 0 Å². The molecule has 1 aromatic carbocycles. The Bertz CT molecular complexity index is 455. The van der Waals surface area contributed by atoms with Crippen LogP contribution >= 0.6 is 0 Å². The Morgan fingerprint density at radius 2 is 1.62 bits per heavy atom. The van der Waals surface area contributed by atoms with E-state index in [2.05, 4.69) is 0 Å². The predicted molar refractivity (Wildman–Crippen MR) is 66.4 cm³/mol. The number of benzene rings is 1. The van der Waals surface area contributed by atoms with E-state index in [-0.39, 0.29) is 5.75 Å². The minimum absolute atomic E-state index is 0.133. The normalized spacial score (nSPS) is 11.8. The third-order valence-electron chi connectivity index (χ3n) is 2.53. The standard InChI is InChI=1S/C12H19NO2S/c1-9-7-10(2)12(11(3)8-9)16(14,15)6-4-5-13/h7-8H,4-6,13H2,1-3H3. The molecular weight excluding hydrogens is 222 g/mol. The Morgan fingerprint density at radius 3 is 2.06 bits per heavy atom. The fourth-order valence-corrected chi connectivity index (χ4v) is 3.88. The molecule has 0 bridgehead atoms. The molecule has 16 heavy (non-hydrogen) atoms. The van der Waals surface area contributed by atoms with Crippen molar-refractivity contribution in [1.29, 1.82) is 0 Å². The van der Waals surface area contributed by atoms with Crippen LogP contribution in [0.4, 0.5) is 0 Å². The van der Waals surface area contributed by atoms with E-state index in [9.17, 15) is 8.42 Å². The molecule has 1 aromatic rings. The number of hydrogen-bond acceptors (Lipinski definition) is 3. The third-order valence-corrected chi connectivity index (χ3v) is 4.62. The third kappa shape index (κ3) is 2.83. The summed E-state index contributed by atoms with van der Waals surface area (Å²) in [5, 5.41) is 0. The second-order valence-electron chi connectivity index (χ2n) is 4.19. The summed E-state index contributed by atoms with van der Waals surface area (Å²) < 4.78 is 24.2. The Morgan fingerprint density at radius 1 is 1.12 bits per heavy atom. The van der Waals surface area contributed by atoms with Gasteiger partial charge in [0.15, 0.2) is 9.84 Å². The lowest BCUT2D eigenvalue weighted by molar-refractivity contribution is 0.592. The highest BCUT2D eigenvalue weighted by Gasteiger charge is 2.19. The zero-order valence-corrected chi connectivity index (χ0v) is 10.9. The molecule has 0 radical (unpaired) electrons. The van der Waals surface area contributed by atoms with Gasteiger partial charge in [0.2, 0.25) is 0 Å². The highest BCUT2D eigenvalue weighted by molar-refractivity contribution is 7.91. The van der Waals surface area contributed by atoms with Crippen LogP contribution in [0, 0.1) is 20.8 Å². The summed E-state index contributed by atoms with van der Waals surface area (Å²) >= 11 is 0. The second kappa shape index (κ2) is 4.97. The van der Waals surface area contributed by atoms with E-state index in [4.69, 9.17) is 5.73 Å². The van der Waals surface area contributed by atoms with Crippen molar-refractivity contribution in [2.45, 2.75) is 32.1 Å². The van der Waals surface area contributed by atoms with Crippen molar-refractivity contribution in [2.75, 3.05) is 12.3 Å². The van der Waals surface area contributed by atoms with Gasteiger partial charge in [0.1, 0.15) is 0 Å². The number of sulfone groups is 1. The number of hydrogen-bond donors (Lipinski definition) is 1. The summed E-state index contributed by atoms with van der Waals surface area (Å²) in [6.07, 6.45) is 0.509. The molecule has 3 nitrogen and oxygen atoms in total. The van der Waals surface area contributed by atoms with E-state index < -0.39 is 9.84 Å². The molecule has 4 heteroatoms. The summed E-state index contributed by atoms with van der Waals surface area (Å²) in [4.78, 5) is 0.478.